The maximum Gasteiger partial charge on any atom is 0.248 e. The number of hydrogen-bond acceptors (Lipinski definition) is 6. The Hall–Kier alpha value is -2.48. The van der Waals surface area contributed by atoms with Gasteiger partial charge in [0.1, 0.15) is 6.61 Å². The predicted molar refractivity (Wildman–Crippen MR) is 94.0 cm³/mol. The van der Waals surface area contributed by atoms with Crippen molar-refractivity contribution in [1.29, 1.82) is 0 Å². The number of carbonyl (C=O) groups is 1. The first kappa shape index (κ1) is 17.3. The number of aromatic nitrogens is 4. The molecule has 25 heavy (non-hydrogen) atoms. The summed E-state index contributed by atoms with van der Waals surface area (Å²) in [5.41, 5.74) is 3.24. The molecule has 1 aliphatic rings. The second-order valence-electron chi connectivity index (χ2n) is 6.26. The van der Waals surface area contributed by atoms with Gasteiger partial charge < -0.3 is 14.5 Å². The van der Waals surface area contributed by atoms with Crippen LogP contribution in [-0.2, 0) is 9.53 Å². The van der Waals surface area contributed by atoms with Gasteiger partial charge in [-0.1, -0.05) is 0 Å². The fourth-order valence-corrected chi connectivity index (χ4v) is 2.94. The summed E-state index contributed by atoms with van der Waals surface area (Å²) in [6.07, 6.45) is 0. The minimum absolute atomic E-state index is 0.0310. The second-order valence-corrected chi connectivity index (χ2v) is 6.26. The van der Waals surface area contributed by atoms with Gasteiger partial charge in [0.15, 0.2) is 11.6 Å². The first-order valence-electron chi connectivity index (χ1n) is 8.40. The lowest BCUT2D eigenvalue weighted by molar-refractivity contribution is -0.135. The average molecular weight is 344 g/mol. The van der Waals surface area contributed by atoms with Crippen molar-refractivity contribution in [1.82, 2.24) is 24.9 Å². The molecule has 8 heteroatoms. The van der Waals surface area contributed by atoms with Crippen LogP contribution in [0.1, 0.15) is 17.0 Å². The molecule has 1 fully saturated rings. The van der Waals surface area contributed by atoms with Crippen molar-refractivity contribution in [2.45, 2.75) is 20.8 Å². The van der Waals surface area contributed by atoms with Gasteiger partial charge >= 0.3 is 0 Å². The third-order valence-electron chi connectivity index (χ3n) is 4.73. The Labute approximate surface area is 147 Å². The van der Waals surface area contributed by atoms with Crippen LogP contribution in [0.5, 0.6) is 0 Å². The molecule has 0 atom stereocenters. The molecule has 1 saturated heterocycles. The fourth-order valence-electron chi connectivity index (χ4n) is 2.94. The van der Waals surface area contributed by atoms with Crippen molar-refractivity contribution in [2.75, 3.05) is 44.8 Å². The number of aryl methyl sites for hydroxylation is 1. The van der Waals surface area contributed by atoms with E-state index in [4.69, 9.17) is 4.74 Å². The summed E-state index contributed by atoms with van der Waals surface area (Å²) in [6.45, 7) is 9.03. The van der Waals surface area contributed by atoms with Crippen molar-refractivity contribution in [3.8, 4) is 5.82 Å². The van der Waals surface area contributed by atoms with Gasteiger partial charge in [-0.3, -0.25) is 4.79 Å². The fraction of sp³-hybridized carbons (Fsp3) is 0.529. The molecule has 0 spiro atoms. The van der Waals surface area contributed by atoms with E-state index in [2.05, 4.69) is 27.1 Å². The van der Waals surface area contributed by atoms with Crippen LogP contribution in [0.15, 0.2) is 12.1 Å². The highest BCUT2D eigenvalue weighted by atomic mass is 16.5. The van der Waals surface area contributed by atoms with Crippen molar-refractivity contribution in [3.05, 3.63) is 29.1 Å². The largest absolute Gasteiger partial charge is 0.375 e. The lowest BCUT2D eigenvalue weighted by atomic mass is 10.2. The van der Waals surface area contributed by atoms with E-state index in [0.29, 0.717) is 18.9 Å². The van der Waals surface area contributed by atoms with Crippen molar-refractivity contribution < 1.29 is 9.53 Å². The quantitative estimate of drug-likeness (QED) is 0.820. The van der Waals surface area contributed by atoms with Gasteiger partial charge in [0.25, 0.3) is 0 Å². The Bertz CT molecular complexity index is 747. The summed E-state index contributed by atoms with van der Waals surface area (Å²) in [7, 11) is 1.54. The maximum absolute atomic E-state index is 11.8. The third kappa shape index (κ3) is 3.48. The van der Waals surface area contributed by atoms with Gasteiger partial charge in [-0.25, -0.2) is 4.68 Å². The van der Waals surface area contributed by atoms with E-state index >= 15 is 0 Å². The molecule has 2 aromatic rings. The highest BCUT2D eigenvalue weighted by Gasteiger charge is 2.22. The Morgan fingerprint density at radius 3 is 2.24 bits per heavy atom. The van der Waals surface area contributed by atoms with Crippen LogP contribution in [0.3, 0.4) is 0 Å². The third-order valence-corrected chi connectivity index (χ3v) is 4.73. The summed E-state index contributed by atoms with van der Waals surface area (Å²) in [5.74, 6) is 1.57. The second kappa shape index (κ2) is 7.18. The van der Waals surface area contributed by atoms with Gasteiger partial charge in [0.05, 0.1) is 5.69 Å². The van der Waals surface area contributed by atoms with E-state index in [9.17, 15) is 4.79 Å². The minimum atomic E-state index is 0.0310. The van der Waals surface area contributed by atoms with E-state index in [0.717, 1.165) is 30.3 Å². The van der Waals surface area contributed by atoms with Crippen LogP contribution in [0, 0.1) is 20.8 Å². The summed E-state index contributed by atoms with van der Waals surface area (Å²) in [6, 6.07) is 3.89. The molecule has 0 aromatic carbocycles. The molecular weight excluding hydrogens is 320 g/mol. The highest BCUT2D eigenvalue weighted by Crippen LogP contribution is 2.17. The predicted octanol–water partition coefficient (Wildman–Crippen LogP) is 0.883. The van der Waals surface area contributed by atoms with Crippen LogP contribution < -0.4 is 4.90 Å². The zero-order valence-electron chi connectivity index (χ0n) is 15.2. The number of carbonyl (C=O) groups excluding carboxylic acids is 1. The molecule has 0 bridgehead atoms. The lowest BCUT2D eigenvalue weighted by Gasteiger charge is -2.35. The molecule has 8 nitrogen and oxygen atoms in total. The molecule has 1 amide bonds. The SMILES string of the molecule is COCC(=O)N1CCN(c2ccc(-n3nc(C)c(C)c3C)nn2)CC1. The van der Waals surface area contributed by atoms with Gasteiger partial charge in [-0.15, -0.1) is 10.2 Å². The van der Waals surface area contributed by atoms with Crippen LogP contribution in [0.4, 0.5) is 5.82 Å². The molecule has 134 valence electrons. The highest BCUT2D eigenvalue weighted by molar-refractivity contribution is 5.77. The topological polar surface area (TPSA) is 76.4 Å². The number of nitrogens with zero attached hydrogens (tertiary/aromatic N) is 6. The zero-order chi connectivity index (χ0) is 18.0. The lowest BCUT2D eigenvalue weighted by Crippen LogP contribution is -2.50. The smallest absolute Gasteiger partial charge is 0.248 e. The van der Waals surface area contributed by atoms with E-state index in [1.807, 2.05) is 35.6 Å². The molecule has 0 unspecified atom stereocenters. The monoisotopic (exact) mass is 344 g/mol. The molecule has 2 aromatic heterocycles. The van der Waals surface area contributed by atoms with Crippen molar-refractivity contribution >= 4 is 11.7 Å². The Kier molecular flexibility index (Phi) is 4.98. The summed E-state index contributed by atoms with van der Waals surface area (Å²) in [5, 5.41) is 13.2. The summed E-state index contributed by atoms with van der Waals surface area (Å²) in [4.78, 5) is 15.8. The Morgan fingerprint density at radius 2 is 1.72 bits per heavy atom. The first-order valence-corrected chi connectivity index (χ1v) is 8.40. The minimum Gasteiger partial charge on any atom is -0.375 e. The number of ether oxygens (including phenoxy) is 1. The first-order chi connectivity index (χ1) is 12.0. The Balaban J connectivity index is 1.67. The van der Waals surface area contributed by atoms with Crippen molar-refractivity contribution in [2.24, 2.45) is 0 Å². The van der Waals surface area contributed by atoms with E-state index in [-0.39, 0.29) is 12.5 Å². The van der Waals surface area contributed by atoms with Gasteiger partial charge in [0, 0.05) is 39.0 Å². The maximum atomic E-state index is 11.8. The molecule has 0 radical (unpaired) electrons. The van der Waals surface area contributed by atoms with Crippen LogP contribution in [0.25, 0.3) is 5.82 Å². The van der Waals surface area contributed by atoms with Crippen LogP contribution in [-0.4, -0.2) is 70.7 Å². The molecule has 1 aliphatic heterocycles. The average Bonchev–Trinajstić information content (AvgIpc) is 2.90. The standard InChI is InChI=1S/C17H24N6O2/c1-12-13(2)20-23(14(12)3)16-6-5-15(18-19-16)21-7-9-22(10-8-21)17(24)11-25-4/h5-6H,7-11H2,1-4H3. The van der Waals surface area contributed by atoms with Gasteiger partial charge in [-0.2, -0.15) is 5.10 Å². The number of amides is 1. The van der Waals surface area contributed by atoms with E-state index in [1.165, 1.54) is 12.7 Å². The van der Waals surface area contributed by atoms with Crippen LogP contribution >= 0.6 is 0 Å². The number of anilines is 1. The van der Waals surface area contributed by atoms with Crippen LogP contribution in [0.2, 0.25) is 0 Å². The molecule has 3 rings (SSSR count). The normalized spacial score (nSPS) is 14.9. The number of hydrogen-bond donors (Lipinski definition) is 0. The number of piperazine rings is 1. The molecule has 0 saturated carbocycles. The number of methoxy groups -OCH3 is 1. The van der Waals surface area contributed by atoms with E-state index < -0.39 is 0 Å². The zero-order valence-corrected chi connectivity index (χ0v) is 15.2. The number of rotatable bonds is 4. The molecule has 0 N–H and O–H groups in total. The summed E-state index contributed by atoms with van der Waals surface area (Å²) < 4.78 is 6.73. The van der Waals surface area contributed by atoms with Gasteiger partial charge in [0.2, 0.25) is 5.91 Å². The molecular formula is C17H24N6O2. The van der Waals surface area contributed by atoms with Gasteiger partial charge in [-0.05, 0) is 38.5 Å². The van der Waals surface area contributed by atoms with E-state index in [1.54, 1.807) is 0 Å². The Morgan fingerprint density at radius 1 is 1.08 bits per heavy atom. The summed E-state index contributed by atoms with van der Waals surface area (Å²) >= 11 is 0. The molecule has 3 heterocycles. The molecule has 0 aliphatic carbocycles. The van der Waals surface area contributed by atoms with Crippen molar-refractivity contribution in [3.63, 3.8) is 0 Å².